The summed E-state index contributed by atoms with van der Waals surface area (Å²) in [6.07, 6.45) is 0. The molecule has 0 aromatic heterocycles. The second-order valence-electron chi connectivity index (χ2n) is 1.89. The van der Waals surface area contributed by atoms with Crippen LogP contribution in [0.25, 0.3) is 0 Å². The number of rotatable bonds is 2. The molecule has 0 spiro atoms. The molecule has 1 N–H and O–H groups in total. The molecule has 0 fully saturated rings. The van der Waals surface area contributed by atoms with Gasteiger partial charge in [-0.2, -0.15) is 0 Å². The van der Waals surface area contributed by atoms with Crippen molar-refractivity contribution in [2.75, 3.05) is 0 Å². The Hall–Kier alpha value is 0.610. The quantitative estimate of drug-likeness (QED) is 0.626. The molecule has 1 aromatic rings. The number of halogens is 1. The number of benzene rings is 1. The molecule has 62 valence electrons. The van der Waals surface area contributed by atoms with Gasteiger partial charge in [0.25, 0.3) is 0 Å². The van der Waals surface area contributed by atoms with Gasteiger partial charge in [-0.25, -0.2) is 8.42 Å². The topological polar surface area (TPSA) is 46.2 Å². The van der Waals surface area contributed by atoms with Gasteiger partial charge in [-0.1, -0.05) is 18.2 Å². The standard InChI is InChI=1S/C6H6BrNO2S.Na.H/c7-8-11(9,10)6-4-2-1-3-5-6;;/h1-5,8H;;. The summed E-state index contributed by atoms with van der Waals surface area (Å²) in [6.45, 7) is 0. The molecule has 0 unspecified atom stereocenters. The molecule has 0 radical (unpaired) electrons. The molecule has 0 amide bonds. The number of hydrogen-bond donors (Lipinski definition) is 1. The molecule has 0 atom stereocenters. The Morgan fingerprint density at radius 1 is 1.17 bits per heavy atom. The Labute approximate surface area is 102 Å². The van der Waals surface area contributed by atoms with Crippen molar-refractivity contribution in [1.29, 1.82) is 0 Å². The molecular weight excluding hydrogens is 253 g/mol. The Morgan fingerprint density at radius 2 is 1.67 bits per heavy atom. The Kier molecular flexibility index (Phi) is 5.64. The van der Waals surface area contributed by atoms with Gasteiger partial charge in [0.2, 0.25) is 10.0 Å². The SMILES string of the molecule is O=S(=O)(NBr)c1ccccc1.[NaH]. The van der Waals surface area contributed by atoms with Crippen molar-refractivity contribution in [3.8, 4) is 0 Å². The fraction of sp³-hybridized carbons (Fsp3) is 0. The average molecular weight is 260 g/mol. The maximum atomic E-state index is 11.0. The predicted octanol–water partition coefficient (Wildman–Crippen LogP) is 0.626. The number of hydrogen-bond acceptors (Lipinski definition) is 2. The molecular formula is C6H7BrNNaO2S. The first kappa shape index (κ1) is 12.6. The van der Waals surface area contributed by atoms with Crippen LogP contribution < -0.4 is 3.75 Å². The summed E-state index contributed by atoms with van der Waals surface area (Å²) in [4.78, 5) is 0.247. The zero-order chi connectivity index (χ0) is 8.32. The summed E-state index contributed by atoms with van der Waals surface area (Å²) in [7, 11) is -3.33. The molecule has 12 heavy (non-hydrogen) atoms. The van der Waals surface area contributed by atoms with Crippen LogP contribution in [0.5, 0.6) is 0 Å². The molecule has 6 heteroatoms. The second-order valence-corrected chi connectivity index (χ2v) is 4.50. The minimum atomic E-state index is -3.33. The molecule has 0 aliphatic rings. The van der Waals surface area contributed by atoms with Crippen LogP contribution in [0.15, 0.2) is 35.2 Å². The summed E-state index contributed by atoms with van der Waals surface area (Å²) >= 11 is 2.67. The first-order valence-electron chi connectivity index (χ1n) is 2.84. The third-order valence-electron chi connectivity index (χ3n) is 1.16. The van der Waals surface area contributed by atoms with Gasteiger partial charge in [0, 0.05) is 16.1 Å². The van der Waals surface area contributed by atoms with Crippen LogP contribution in [0.1, 0.15) is 0 Å². The Balaban J connectivity index is 0.00000121. The summed E-state index contributed by atoms with van der Waals surface area (Å²) in [5.74, 6) is 0. The van der Waals surface area contributed by atoms with E-state index < -0.39 is 10.0 Å². The minimum absolute atomic E-state index is 0. The van der Waals surface area contributed by atoms with Gasteiger partial charge in [-0.15, -0.1) is 3.75 Å². The maximum absolute atomic E-state index is 11.0. The van der Waals surface area contributed by atoms with Crippen LogP contribution in [-0.4, -0.2) is 38.0 Å². The van der Waals surface area contributed by atoms with Crippen molar-refractivity contribution >= 4 is 55.7 Å². The van der Waals surface area contributed by atoms with E-state index in [1.807, 2.05) is 3.75 Å². The Morgan fingerprint density at radius 3 is 2.08 bits per heavy atom. The normalized spacial score (nSPS) is 10.4. The predicted molar refractivity (Wildman–Crippen MR) is 52.8 cm³/mol. The van der Waals surface area contributed by atoms with Crippen LogP contribution in [0, 0.1) is 0 Å². The van der Waals surface area contributed by atoms with E-state index in [1.165, 1.54) is 12.1 Å². The van der Waals surface area contributed by atoms with E-state index in [2.05, 4.69) is 16.1 Å². The third kappa shape index (κ3) is 3.16. The van der Waals surface area contributed by atoms with Crippen molar-refractivity contribution in [3.63, 3.8) is 0 Å². The van der Waals surface area contributed by atoms with Gasteiger partial charge in [-0.05, 0) is 12.1 Å². The summed E-state index contributed by atoms with van der Waals surface area (Å²) < 4.78 is 24.1. The van der Waals surface area contributed by atoms with Crippen molar-refractivity contribution < 1.29 is 8.42 Å². The van der Waals surface area contributed by atoms with Crippen LogP contribution in [-0.2, 0) is 10.0 Å². The number of nitrogens with one attached hydrogen (secondary N) is 1. The molecule has 0 heterocycles. The molecule has 0 bridgehead atoms. The second kappa shape index (κ2) is 5.36. The fourth-order valence-corrected chi connectivity index (χ4v) is 1.81. The van der Waals surface area contributed by atoms with Gasteiger partial charge in [0.15, 0.2) is 0 Å². The number of sulfonamides is 1. The zero-order valence-corrected chi connectivity index (χ0v) is 7.89. The fourth-order valence-electron chi connectivity index (χ4n) is 0.644. The van der Waals surface area contributed by atoms with E-state index in [-0.39, 0.29) is 34.5 Å². The summed E-state index contributed by atoms with van der Waals surface area (Å²) in [5, 5.41) is 0. The van der Waals surface area contributed by atoms with Crippen molar-refractivity contribution in [1.82, 2.24) is 3.75 Å². The van der Waals surface area contributed by atoms with Crippen LogP contribution in [0.3, 0.4) is 0 Å². The van der Waals surface area contributed by atoms with E-state index in [0.717, 1.165) is 0 Å². The average Bonchev–Trinajstić information content (AvgIpc) is 2.06. The molecule has 0 aliphatic heterocycles. The molecule has 0 saturated carbocycles. The first-order chi connectivity index (χ1) is 5.17. The van der Waals surface area contributed by atoms with Crippen molar-refractivity contribution in [3.05, 3.63) is 30.3 Å². The van der Waals surface area contributed by atoms with Gasteiger partial charge in [0.05, 0.1) is 4.90 Å². The van der Waals surface area contributed by atoms with Gasteiger partial charge in [0.1, 0.15) is 0 Å². The van der Waals surface area contributed by atoms with Gasteiger partial charge in [-0.3, -0.25) is 0 Å². The van der Waals surface area contributed by atoms with Gasteiger partial charge >= 0.3 is 29.6 Å². The third-order valence-corrected chi connectivity index (χ3v) is 3.53. The molecule has 0 aliphatic carbocycles. The van der Waals surface area contributed by atoms with Crippen LogP contribution in [0.2, 0.25) is 0 Å². The molecule has 1 aromatic carbocycles. The van der Waals surface area contributed by atoms with E-state index in [0.29, 0.717) is 0 Å². The van der Waals surface area contributed by atoms with Crippen molar-refractivity contribution in [2.24, 2.45) is 0 Å². The van der Waals surface area contributed by atoms with E-state index in [1.54, 1.807) is 18.2 Å². The zero-order valence-electron chi connectivity index (χ0n) is 5.49. The molecule has 0 saturated heterocycles. The first-order valence-corrected chi connectivity index (χ1v) is 5.12. The molecule has 1 rings (SSSR count). The van der Waals surface area contributed by atoms with E-state index >= 15 is 0 Å². The monoisotopic (exact) mass is 259 g/mol. The summed E-state index contributed by atoms with van der Waals surface area (Å²) in [5.41, 5.74) is 0. The van der Waals surface area contributed by atoms with Crippen LogP contribution >= 0.6 is 16.1 Å². The van der Waals surface area contributed by atoms with Gasteiger partial charge < -0.3 is 0 Å². The van der Waals surface area contributed by atoms with Crippen molar-refractivity contribution in [2.45, 2.75) is 4.90 Å². The molecule has 3 nitrogen and oxygen atoms in total. The van der Waals surface area contributed by atoms with E-state index in [4.69, 9.17) is 0 Å². The Bertz CT molecular complexity index is 327. The van der Waals surface area contributed by atoms with E-state index in [9.17, 15) is 8.42 Å². The van der Waals surface area contributed by atoms with Crippen LogP contribution in [0.4, 0.5) is 0 Å². The summed E-state index contributed by atoms with van der Waals surface area (Å²) in [6, 6.07) is 8.12.